The van der Waals surface area contributed by atoms with E-state index < -0.39 is 11.5 Å². The molecule has 1 saturated heterocycles. The summed E-state index contributed by atoms with van der Waals surface area (Å²) < 4.78 is 0. The van der Waals surface area contributed by atoms with Gasteiger partial charge < -0.3 is 5.11 Å². The summed E-state index contributed by atoms with van der Waals surface area (Å²) in [6.45, 7) is 7.49. The second kappa shape index (κ2) is 4.60. The van der Waals surface area contributed by atoms with E-state index in [0.29, 0.717) is 12.0 Å². The number of nitrogens with zero attached hydrogens (tertiary/aromatic N) is 1. The predicted octanol–water partition coefficient (Wildman–Crippen LogP) is 2.75. The van der Waals surface area contributed by atoms with Gasteiger partial charge in [-0.3, -0.25) is 9.69 Å². The molecule has 0 aromatic rings. The first-order valence-electron chi connectivity index (χ1n) is 6.97. The van der Waals surface area contributed by atoms with Crippen molar-refractivity contribution in [2.45, 2.75) is 64.5 Å². The van der Waals surface area contributed by atoms with Gasteiger partial charge in [0.25, 0.3) is 0 Å². The lowest BCUT2D eigenvalue weighted by Crippen LogP contribution is -2.56. The summed E-state index contributed by atoms with van der Waals surface area (Å²) in [7, 11) is 0. The lowest BCUT2D eigenvalue weighted by Gasteiger charge is -2.45. The van der Waals surface area contributed by atoms with E-state index in [0.717, 1.165) is 25.3 Å². The summed E-state index contributed by atoms with van der Waals surface area (Å²) in [5.41, 5.74) is -0.615. The standard InChI is InChI=1S/C14H25NO2/c1-10-6-4-7-12(11(10)2)15-9-5-8-14(15,3)13(16)17/h10-12H,4-9H2,1-3H3,(H,16,17). The highest BCUT2D eigenvalue weighted by Gasteiger charge is 2.48. The van der Waals surface area contributed by atoms with Crippen LogP contribution in [0.25, 0.3) is 0 Å². The second-order valence-corrected chi connectivity index (χ2v) is 6.21. The molecular formula is C14H25NO2. The van der Waals surface area contributed by atoms with Gasteiger partial charge in [-0.05, 0) is 44.6 Å². The Morgan fingerprint density at radius 1 is 1.29 bits per heavy atom. The normalized spacial score (nSPS) is 43.8. The molecule has 2 aliphatic rings. The summed E-state index contributed by atoms with van der Waals surface area (Å²) in [6.07, 6.45) is 5.56. The molecule has 1 aliphatic carbocycles. The van der Waals surface area contributed by atoms with Crippen LogP contribution in [0.2, 0.25) is 0 Å². The largest absolute Gasteiger partial charge is 0.480 e. The highest BCUT2D eigenvalue weighted by atomic mass is 16.4. The van der Waals surface area contributed by atoms with Crippen molar-refractivity contribution in [3.63, 3.8) is 0 Å². The van der Waals surface area contributed by atoms with Gasteiger partial charge in [-0.25, -0.2) is 0 Å². The maximum atomic E-state index is 11.5. The Hall–Kier alpha value is -0.570. The van der Waals surface area contributed by atoms with Gasteiger partial charge in [-0.15, -0.1) is 0 Å². The van der Waals surface area contributed by atoms with Crippen LogP contribution in [0.15, 0.2) is 0 Å². The van der Waals surface area contributed by atoms with Crippen LogP contribution in [-0.4, -0.2) is 34.1 Å². The highest BCUT2D eigenvalue weighted by Crippen LogP contribution is 2.40. The number of rotatable bonds is 2. The molecule has 17 heavy (non-hydrogen) atoms. The summed E-state index contributed by atoms with van der Waals surface area (Å²) >= 11 is 0. The Labute approximate surface area is 104 Å². The number of carbonyl (C=O) groups is 1. The van der Waals surface area contributed by atoms with Crippen LogP contribution in [0.3, 0.4) is 0 Å². The first kappa shape index (κ1) is 12.9. The molecule has 0 radical (unpaired) electrons. The Balaban J connectivity index is 2.18. The van der Waals surface area contributed by atoms with Crippen molar-refractivity contribution in [2.75, 3.05) is 6.54 Å². The molecule has 1 N–H and O–H groups in total. The van der Waals surface area contributed by atoms with Crippen LogP contribution in [0.1, 0.15) is 52.9 Å². The molecule has 0 aromatic heterocycles. The predicted molar refractivity (Wildman–Crippen MR) is 67.9 cm³/mol. The molecule has 3 heteroatoms. The lowest BCUT2D eigenvalue weighted by molar-refractivity contribution is -0.151. The van der Waals surface area contributed by atoms with Crippen molar-refractivity contribution < 1.29 is 9.90 Å². The molecule has 0 amide bonds. The van der Waals surface area contributed by atoms with E-state index in [-0.39, 0.29) is 0 Å². The molecule has 1 heterocycles. The zero-order valence-corrected chi connectivity index (χ0v) is 11.3. The van der Waals surface area contributed by atoms with Crippen LogP contribution >= 0.6 is 0 Å². The van der Waals surface area contributed by atoms with Gasteiger partial charge in [0.2, 0.25) is 0 Å². The van der Waals surface area contributed by atoms with E-state index in [1.807, 2.05) is 6.92 Å². The van der Waals surface area contributed by atoms with E-state index in [1.54, 1.807) is 0 Å². The molecule has 98 valence electrons. The smallest absolute Gasteiger partial charge is 0.323 e. The highest BCUT2D eigenvalue weighted by molar-refractivity contribution is 5.78. The first-order valence-corrected chi connectivity index (χ1v) is 6.97. The Kier molecular flexibility index (Phi) is 3.48. The minimum absolute atomic E-state index is 0.474. The number of aliphatic carboxylic acids is 1. The summed E-state index contributed by atoms with van der Waals surface area (Å²) in [4.78, 5) is 13.8. The van der Waals surface area contributed by atoms with Crippen LogP contribution in [0.5, 0.6) is 0 Å². The number of likely N-dealkylation sites (tertiary alicyclic amines) is 1. The summed E-state index contributed by atoms with van der Waals surface area (Å²) in [5.74, 6) is 0.716. The van der Waals surface area contributed by atoms with Crippen LogP contribution in [-0.2, 0) is 4.79 Å². The van der Waals surface area contributed by atoms with Crippen molar-refractivity contribution in [1.82, 2.24) is 4.90 Å². The van der Waals surface area contributed by atoms with Crippen LogP contribution in [0, 0.1) is 11.8 Å². The van der Waals surface area contributed by atoms with Crippen molar-refractivity contribution in [1.29, 1.82) is 0 Å². The molecule has 0 bridgehead atoms. The number of carboxylic acids is 1. The lowest BCUT2D eigenvalue weighted by atomic mass is 9.76. The molecule has 0 spiro atoms. The molecule has 4 atom stereocenters. The fourth-order valence-corrected chi connectivity index (χ4v) is 3.74. The van der Waals surface area contributed by atoms with Gasteiger partial charge >= 0.3 is 5.97 Å². The molecule has 1 aliphatic heterocycles. The fourth-order valence-electron chi connectivity index (χ4n) is 3.74. The van der Waals surface area contributed by atoms with Gasteiger partial charge in [-0.2, -0.15) is 0 Å². The third-order valence-corrected chi connectivity index (χ3v) is 5.22. The summed E-state index contributed by atoms with van der Waals surface area (Å²) in [5, 5.41) is 9.48. The average Bonchev–Trinajstić information content (AvgIpc) is 2.66. The van der Waals surface area contributed by atoms with Crippen molar-refractivity contribution in [3.8, 4) is 0 Å². The maximum Gasteiger partial charge on any atom is 0.323 e. The zero-order chi connectivity index (χ0) is 12.6. The van der Waals surface area contributed by atoms with Crippen LogP contribution < -0.4 is 0 Å². The monoisotopic (exact) mass is 239 g/mol. The van der Waals surface area contributed by atoms with Crippen LogP contribution in [0.4, 0.5) is 0 Å². The van der Waals surface area contributed by atoms with E-state index in [9.17, 15) is 9.90 Å². The minimum Gasteiger partial charge on any atom is -0.480 e. The van der Waals surface area contributed by atoms with Gasteiger partial charge in [0.1, 0.15) is 5.54 Å². The zero-order valence-electron chi connectivity index (χ0n) is 11.3. The Bertz CT molecular complexity index is 305. The van der Waals surface area contributed by atoms with E-state index >= 15 is 0 Å². The number of hydrogen-bond acceptors (Lipinski definition) is 2. The first-order chi connectivity index (χ1) is 7.97. The number of hydrogen-bond donors (Lipinski definition) is 1. The molecule has 1 saturated carbocycles. The van der Waals surface area contributed by atoms with Gasteiger partial charge in [0.15, 0.2) is 0 Å². The van der Waals surface area contributed by atoms with Crippen molar-refractivity contribution >= 4 is 5.97 Å². The SMILES string of the molecule is CC1CCCC(N2CCCC2(C)C(=O)O)C1C. The van der Waals surface area contributed by atoms with Gasteiger partial charge in [0.05, 0.1) is 0 Å². The minimum atomic E-state index is -0.638. The van der Waals surface area contributed by atoms with Crippen molar-refractivity contribution in [2.24, 2.45) is 11.8 Å². The number of carboxylic acid groups (broad SMARTS) is 1. The van der Waals surface area contributed by atoms with Gasteiger partial charge in [0, 0.05) is 6.04 Å². The third kappa shape index (κ3) is 2.10. The Morgan fingerprint density at radius 2 is 2.00 bits per heavy atom. The molecule has 0 aromatic carbocycles. The third-order valence-electron chi connectivity index (χ3n) is 5.22. The topological polar surface area (TPSA) is 40.5 Å². The summed E-state index contributed by atoms with van der Waals surface area (Å²) in [6, 6.07) is 0.474. The Morgan fingerprint density at radius 3 is 2.65 bits per heavy atom. The average molecular weight is 239 g/mol. The van der Waals surface area contributed by atoms with E-state index in [2.05, 4.69) is 18.7 Å². The van der Waals surface area contributed by atoms with E-state index in [4.69, 9.17) is 0 Å². The van der Waals surface area contributed by atoms with Gasteiger partial charge in [-0.1, -0.05) is 26.7 Å². The van der Waals surface area contributed by atoms with Crippen molar-refractivity contribution in [3.05, 3.63) is 0 Å². The molecular weight excluding hydrogens is 214 g/mol. The second-order valence-electron chi connectivity index (χ2n) is 6.21. The fraction of sp³-hybridized carbons (Fsp3) is 0.929. The molecule has 4 unspecified atom stereocenters. The molecule has 2 rings (SSSR count). The molecule has 2 fully saturated rings. The maximum absolute atomic E-state index is 11.5. The quantitative estimate of drug-likeness (QED) is 0.805. The van der Waals surface area contributed by atoms with E-state index in [1.165, 1.54) is 19.3 Å². The molecule has 3 nitrogen and oxygen atoms in total.